The Labute approximate surface area is 128 Å². The summed E-state index contributed by atoms with van der Waals surface area (Å²) in [5, 5.41) is 10.4. The Hall–Kier alpha value is -1.30. The van der Waals surface area contributed by atoms with Gasteiger partial charge in [0.25, 0.3) is 0 Å². The second-order valence-corrected chi connectivity index (χ2v) is 5.81. The largest absolute Gasteiger partial charge is 0.389 e. The topological polar surface area (TPSA) is 29.5 Å². The lowest BCUT2D eigenvalue weighted by Gasteiger charge is -2.17. The third-order valence-corrected chi connectivity index (χ3v) is 4.32. The Morgan fingerprint density at radius 2 is 1.90 bits per heavy atom. The van der Waals surface area contributed by atoms with E-state index in [1.165, 1.54) is 0 Å². The van der Waals surface area contributed by atoms with Crippen LogP contribution in [0.2, 0.25) is 0 Å². The van der Waals surface area contributed by atoms with Crippen LogP contribution in [0.5, 0.6) is 0 Å². The molecule has 0 amide bonds. The predicted octanol–water partition coefficient (Wildman–Crippen LogP) is 3.78. The summed E-state index contributed by atoms with van der Waals surface area (Å²) in [4.78, 5) is 0. The Kier molecular flexibility index (Phi) is 6.29. The summed E-state index contributed by atoms with van der Waals surface area (Å²) in [5.41, 5.74) is 1.15. The van der Waals surface area contributed by atoms with Crippen LogP contribution in [0.15, 0.2) is 30.3 Å². The normalized spacial score (nSPS) is 24.9. The fourth-order valence-corrected chi connectivity index (χ4v) is 2.78. The van der Waals surface area contributed by atoms with Crippen molar-refractivity contribution in [3.05, 3.63) is 35.9 Å². The Balaban J connectivity index is 1.85. The minimum atomic E-state index is -0.449. The third-order valence-electron chi connectivity index (χ3n) is 4.32. The molecule has 2 rings (SSSR count). The molecule has 2 nitrogen and oxygen atoms in total. The van der Waals surface area contributed by atoms with Crippen molar-refractivity contribution in [1.82, 2.24) is 0 Å². The molecule has 114 valence electrons. The van der Waals surface area contributed by atoms with E-state index in [-0.39, 0.29) is 12.0 Å². The van der Waals surface area contributed by atoms with Crippen LogP contribution in [0.3, 0.4) is 0 Å². The summed E-state index contributed by atoms with van der Waals surface area (Å²) in [6.45, 7) is 4.90. The molecular weight excluding hydrogens is 260 g/mol. The van der Waals surface area contributed by atoms with Crippen molar-refractivity contribution in [2.75, 3.05) is 0 Å². The fourth-order valence-electron chi connectivity index (χ4n) is 2.78. The third kappa shape index (κ3) is 4.59. The lowest BCUT2D eigenvalue weighted by atomic mass is 10.0. The summed E-state index contributed by atoms with van der Waals surface area (Å²) >= 11 is 0. The summed E-state index contributed by atoms with van der Waals surface area (Å²) in [6, 6.07) is 10.1. The van der Waals surface area contributed by atoms with Crippen LogP contribution in [0.25, 0.3) is 0 Å². The SMILES string of the molecule is CCC(C#C[C@H]1CC[C@H](OCc2ccccc2)[C@@H]1O)CC. The zero-order valence-corrected chi connectivity index (χ0v) is 13.1. The van der Waals surface area contributed by atoms with Crippen molar-refractivity contribution in [2.24, 2.45) is 11.8 Å². The van der Waals surface area contributed by atoms with Crippen molar-refractivity contribution in [3.8, 4) is 11.8 Å². The molecule has 21 heavy (non-hydrogen) atoms. The monoisotopic (exact) mass is 286 g/mol. The van der Waals surface area contributed by atoms with E-state index < -0.39 is 6.10 Å². The number of aliphatic hydroxyl groups is 1. The van der Waals surface area contributed by atoms with E-state index in [4.69, 9.17) is 4.74 Å². The maximum absolute atomic E-state index is 10.4. The van der Waals surface area contributed by atoms with Crippen LogP contribution in [-0.2, 0) is 11.3 Å². The van der Waals surface area contributed by atoms with Gasteiger partial charge in [0.15, 0.2) is 0 Å². The van der Waals surface area contributed by atoms with Crippen molar-refractivity contribution >= 4 is 0 Å². The molecule has 0 aromatic heterocycles. The zero-order valence-electron chi connectivity index (χ0n) is 13.1. The minimum absolute atomic E-state index is 0.0753. The molecule has 2 heteroatoms. The predicted molar refractivity (Wildman–Crippen MR) is 85.6 cm³/mol. The number of ether oxygens (including phenoxy) is 1. The van der Waals surface area contributed by atoms with Gasteiger partial charge in [-0.3, -0.25) is 0 Å². The van der Waals surface area contributed by atoms with Crippen molar-refractivity contribution in [3.63, 3.8) is 0 Å². The zero-order chi connectivity index (χ0) is 15.1. The van der Waals surface area contributed by atoms with Crippen LogP contribution in [0, 0.1) is 23.7 Å². The maximum Gasteiger partial charge on any atom is 0.0938 e. The van der Waals surface area contributed by atoms with Crippen LogP contribution < -0.4 is 0 Å². The van der Waals surface area contributed by atoms with Gasteiger partial charge in [-0.25, -0.2) is 0 Å². The molecular formula is C19H26O2. The number of benzene rings is 1. The summed E-state index contributed by atoms with van der Waals surface area (Å²) in [6.07, 6.45) is 3.48. The maximum atomic E-state index is 10.4. The van der Waals surface area contributed by atoms with Crippen molar-refractivity contribution < 1.29 is 9.84 Å². The van der Waals surface area contributed by atoms with Gasteiger partial charge in [-0.15, -0.1) is 0 Å². The molecule has 3 atom stereocenters. The van der Waals surface area contributed by atoms with Gasteiger partial charge in [-0.2, -0.15) is 0 Å². The van der Waals surface area contributed by atoms with Gasteiger partial charge in [0, 0.05) is 11.8 Å². The highest BCUT2D eigenvalue weighted by Crippen LogP contribution is 2.29. The molecule has 1 aliphatic carbocycles. The first-order valence-electron chi connectivity index (χ1n) is 8.09. The second kappa shape index (κ2) is 8.22. The number of rotatable bonds is 5. The Bertz CT molecular complexity index is 467. The fraction of sp³-hybridized carbons (Fsp3) is 0.579. The van der Waals surface area contributed by atoms with E-state index in [0.29, 0.717) is 12.5 Å². The molecule has 1 aromatic carbocycles. The van der Waals surface area contributed by atoms with E-state index >= 15 is 0 Å². The van der Waals surface area contributed by atoms with Gasteiger partial charge in [-0.1, -0.05) is 56.0 Å². The highest BCUT2D eigenvalue weighted by Gasteiger charge is 2.34. The first-order chi connectivity index (χ1) is 10.2. The van der Waals surface area contributed by atoms with Gasteiger partial charge in [0.1, 0.15) is 0 Å². The van der Waals surface area contributed by atoms with E-state index in [1.807, 2.05) is 30.3 Å². The van der Waals surface area contributed by atoms with E-state index in [0.717, 1.165) is 31.2 Å². The van der Waals surface area contributed by atoms with Crippen molar-refractivity contribution in [2.45, 2.75) is 58.3 Å². The van der Waals surface area contributed by atoms with Gasteiger partial charge < -0.3 is 9.84 Å². The first-order valence-corrected chi connectivity index (χ1v) is 8.09. The average Bonchev–Trinajstić information content (AvgIpc) is 2.88. The Morgan fingerprint density at radius 1 is 1.19 bits per heavy atom. The molecule has 1 aromatic rings. The Morgan fingerprint density at radius 3 is 2.57 bits per heavy atom. The van der Waals surface area contributed by atoms with E-state index in [9.17, 15) is 5.11 Å². The molecule has 0 aliphatic heterocycles. The smallest absolute Gasteiger partial charge is 0.0938 e. The van der Waals surface area contributed by atoms with E-state index in [2.05, 4.69) is 25.7 Å². The summed E-state index contributed by atoms with van der Waals surface area (Å²) in [5.74, 6) is 7.14. The molecule has 0 saturated heterocycles. The van der Waals surface area contributed by atoms with Gasteiger partial charge >= 0.3 is 0 Å². The van der Waals surface area contributed by atoms with Gasteiger partial charge in [0.2, 0.25) is 0 Å². The lowest BCUT2D eigenvalue weighted by molar-refractivity contribution is -0.0343. The number of hydrogen-bond donors (Lipinski definition) is 1. The summed E-state index contributed by atoms with van der Waals surface area (Å²) < 4.78 is 5.87. The standard InChI is InChI=1S/C19H26O2/c1-3-15(4-2)10-11-17-12-13-18(19(17)20)21-14-16-8-6-5-7-9-16/h5-9,15,17-20H,3-4,12-14H2,1-2H3/t17-,18-,19+/m0/s1. The summed E-state index contributed by atoms with van der Waals surface area (Å²) in [7, 11) is 0. The molecule has 1 N–H and O–H groups in total. The molecule has 0 bridgehead atoms. The van der Waals surface area contributed by atoms with Crippen LogP contribution in [0.1, 0.15) is 45.1 Å². The van der Waals surface area contributed by atoms with Crippen LogP contribution in [0.4, 0.5) is 0 Å². The number of aliphatic hydroxyl groups excluding tert-OH is 1. The van der Waals surface area contributed by atoms with Crippen LogP contribution >= 0.6 is 0 Å². The molecule has 1 saturated carbocycles. The minimum Gasteiger partial charge on any atom is -0.389 e. The molecule has 0 spiro atoms. The highest BCUT2D eigenvalue weighted by atomic mass is 16.5. The van der Waals surface area contributed by atoms with E-state index in [1.54, 1.807) is 0 Å². The lowest BCUT2D eigenvalue weighted by Crippen LogP contribution is -2.27. The number of hydrogen-bond acceptors (Lipinski definition) is 2. The molecule has 0 unspecified atom stereocenters. The first kappa shape index (κ1) is 16.1. The molecule has 1 fully saturated rings. The van der Waals surface area contributed by atoms with Gasteiger partial charge in [0.05, 0.1) is 18.8 Å². The second-order valence-electron chi connectivity index (χ2n) is 5.81. The molecule has 0 radical (unpaired) electrons. The average molecular weight is 286 g/mol. The highest BCUT2D eigenvalue weighted by molar-refractivity contribution is 5.14. The molecule has 1 aliphatic rings. The van der Waals surface area contributed by atoms with Crippen molar-refractivity contribution in [1.29, 1.82) is 0 Å². The van der Waals surface area contributed by atoms with Crippen LogP contribution in [-0.4, -0.2) is 17.3 Å². The molecule has 0 heterocycles. The van der Waals surface area contributed by atoms with Gasteiger partial charge in [-0.05, 0) is 31.2 Å². The quantitative estimate of drug-likeness (QED) is 0.835.